The van der Waals surface area contributed by atoms with Crippen molar-refractivity contribution in [2.75, 3.05) is 0 Å². The van der Waals surface area contributed by atoms with Crippen molar-refractivity contribution in [3.8, 4) is 17.6 Å². The van der Waals surface area contributed by atoms with E-state index in [1.165, 1.54) is 13.8 Å². The zero-order chi connectivity index (χ0) is 16.7. The maximum absolute atomic E-state index is 11.6. The SMILES string of the molecule is CC(=O)CC(C#Cc1ccccc1)c1ccccc1OC(C)=O. The Bertz CT molecular complexity index is 751. The van der Waals surface area contributed by atoms with E-state index < -0.39 is 5.97 Å². The van der Waals surface area contributed by atoms with Crippen molar-refractivity contribution in [3.63, 3.8) is 0 Å². The van der Waals surface area contributed by atoms with Crippen LogP contribution in [0, 0.1) is 11.8 Å². The molecule has 23 heavy (non-hydrogen) atoms. The molecule has 116 valence electrons. The van der Waals surface area contributed by atoms with E-state index in [-0.39, 0.29) is 18.1 Å². The summed E-state index contributed by atoms with van der Waals surface area (Å²) in [6.07, 6.45) is 0.276. The highest BCUT2D eigenvalue weighted by Crippen LogP contribution is 2.29. The Balaban J connectivity index is 2.38. The number of ether oxygens (including phenoxy) is 1. The fourth-order valence-electron chi connectivity index (χ4n) is 2.23. The third-order valence-electron chi connectivity index (χ3n) is 3.20. The molecule has 3 heteroatoms. The van der Waals surface area contributed by atoms with E-state index in [1.54, 1.807) is 12.1 Å². The van der Waals surface area contributed by atoms with Gasteiger partial charge in [0.1, 0.15) is 11.5 Å². The van der Waals surface area contributed by atoms with Crippen LogP contribution in [-0.4, -0.2) is 11.8 Å². The van der Waals surface area contributed by atoms with E-state index in [1.807, 2.05) is 42.5 Å². The molecule has 2 rings (SSSR count). The number of hydrogen-bond donors (Lipinski definition) is 0. The second-order valence-electron chi connectivity index (χ2n) is 5.23. The van der Waals surface area contributed by atoms with E-state index in [2.05, 4.69) is 11.8 Å². The average molecular weight is 306 g/mol. The molecule has 1 unspecified atom stereocenters. The van der Waals surface area contributed by atoms with Gasteiger partial charge in [-0.3, -0.25) is 9.59 Å². The summed E-state index contributed by atoms with van der Waals surface area (Å²) >= 11 is 0. The first-order valence-electron chi connectivity index (χ1n) is 7.39. The summed E-state index contributed by atoms with van der Waals surface area (Å²) in [4.78, 5) is 22.9. The van der Waals surface area contributed by atoms with Crippen LogP contribution in [0.25, 0.3) is 0 Å². The normalized spacial score (nSPS) is 11.0. The summed E-state index contributed by atoms with van der Waals surface area (Å²) in [6, 6.07) is 16.8. The minimum atomic E-state index is -0.393. The number of Topliss-reactive ketones (excluding diaryl/α,β-unsaturated/α-hetero) is 1. The molecule has 0 N–H and O–H groups in total. The molecule has 2 aromatic carbocycles. The monoisotopic (exact) mass is 306 g/mol. The summed E-state index contributed by atoms with van der Waals surface area (Å²) in [5, 5.41) is 0. The topological polar surface area (TPSA) is 43.4 Å². The van der Waals surface area contributed by atoms with Crippen LogP contribution in [0.15, 0.2) is 54.6 Å². The Morgan fingerprint density at radius 2 is 1.65 bits per heavy atom. The van der Waals surface area contributed by atoms with Crippen LogP contribution < -0.4 is 4.74 Å². The first-order valence-corrected chi connectivity index (χ1v) is 7.39. The zero-order valence-electron chi connectivity index (χ0n) is 13.2. The third-order valence-corrected chi connectivity index (χ3v) is 3.20. The van der Waals surface area contributed by atoms with Crippen LogP contribution in [0.2, 0.25) is 0 Å². The van der Waals surface area contributed by atoms with Crippen LogP contribution in [0.4, 0.5) is 0 Å². The zero-order valence-corrected chi connectivity index (χ0v) is 13.2. The Hall–Kier alpha value is -2.86. The molecule has 2 aromatic rings. The number of rotatable bonds is 4. The number of esters is 1. The van der Waals surface area contributed by atoms with Gasteiger partial charge in [0, 0.05) is 24.5 Å². The maximum atomic E-state index is 11.6. The number of carbonyl (C=O) groups excluding carboxylic acids is 2. The lowest BCUT2D eigenvalue weighted by Crippen LogP contribution is -2.08. The van der Waals surface area contributed by atoms with Crippen molar-refractivity contribution in [1.82, 2.24) is 0 Å². The van der Waals surface area contributed by atoms with Gasteiger partial charge >= 0.3 is 5.97 Å². The second kappa shape index (κ2) is 7.95. The van der Waals surface area contributed by atoms with Crippen molar-refractivity contribution in [1.29, 1.82) is 0 Å². The molecule has 0 aromatic heterocycles. The molecule has 0 radical (unpaired) electrons. The lowest BCUT2D eigenvalue weighted by molar-refractivity contribution is -0.131. The number of hydrogen-bond acceptors (Lipinski definition) is 3. The van der Waals surface area contributed by atoms with Crippen LogP contribution in [0.1, 0.15) is 37.3 Å². The molecule has 0 spiro atoms. The molecule has 0 saturated heterocycles. The summed E-state index contributed by atoms with van der Waals surface area (Å²) in [6.45, 7) is 2.89. The van der Waals surface area contributed by atoms with Crippen LogP contribution in [-0.2, 0) is 9.59 Å². The van der Waals surface area contributed by atoms with Crippen LogP contribution in [0.3, 0.4) is 0 Å². The molecule has 3 nitrogen and oxygen atoms in total. The van der Waals surface area contributed by atoms with Gasteiger partial charge in [-0.1, -0.05) is 48.2 Å². The quantitative estimate of drug-likeness (QED) is 0.491. The van der Waals surface area contributed by atoms with Crippen molar-refractivity contribution >= 4 is 11.8 Å². The molecule has 0 aliphatic heterocycles. The average Bonchev–Trinajstić information content (AvgIpc) is 2.52. The number of para-hydroxylation sites is 1. The molecule has 0 heterocycles. The predicted molar refractivity (Wildman–Crippen MR) is 89.1 cm³/mol. The highest BCUT2D eigenvalue weighted by molar-refractivity contribution is 5.77. The van der Waals surface area contributed by atoms with E-state index in [0.29, 0.717) is 5.75 Å². The molecule has 0 saturated carbocycles. The third kappa shape index (κ3) is 5.12. The Morgan fingerprint density at radius 3 is 2.30 bits per heavy atom. The molecular weight excluding hydrogens is 288 g/mol. The van der Waals surface area contributed by atoms with E-state index in [9.17, 15) is 9.59 Å². The standard InChI is InChI=1S/C20H18O3/c1-15(21)14-18(13-12-17-8-4-3-5-9-17)19-10-6-7-11-20(19)23-16(2)22/h3-11,18H,14H2,1-2H3. The number of benzene rings is 2. The number of ketones is 1. The van der Waals surface area contributed by atoms with Crippen molar-refractivity contribution in [3.05, 3.63) is 65.7 Å². The van der Waals surface area contributed by atoms with Gasteiger partial charge in [0.25, 0.3) is 0 Å². The molecule has 0 bridgehead atoms. The van der Waals surface area contributed by atoms with Gasteiger partial charge in [-0.15, -0.1) is 0 Å². The minimum absolute atomic E-state index is 0.0370. The van der Waals surface area contributed by atoms with Crippen molar-refractivity contribution < 1.29 is 14.3 Å². The van der Waals surface area contributed by atoms with Crippen molar-refractivity contribution in [2.45, 2.75) is 26.2 Å². The lowest BCUT2D eigenvalue weighted by Gasteiger charge is -2.14. The first kappa shape index (κ1) is 16.5. The molecule has 0 fully saturated rings. The van der Waals surface area contributed by atoms with Gasteiger partial charge < -0.3 is 4.74 Å². The van der Waals surface area contributed by atoms with E-state index >= 15 is 0 Å². The van der Waals surface area contributed by atoms with Gasteiger partial charge in [-0.05, 0) is 25.1 Å². The highest BCUT2D eigenvalue weighted by Gasteiger charge is 2.17. The fourth-order valence-corrected chi connectivity index (χ4v) is 2.23. The Morgan fingerprint density at radius 1 is 1.00 bits per heavy atom. The van der Waals surface area contributed by atoms with Crippen LogP contribution in [0.5, 0.6) is 5.75 Å². The van der Waals surface area contributed by atoms with Gasteiger partial charge in [0.15, 0.2) is 0 Å². The van der Waals surface area contributed by atoms with Gasteiger partial charge in [-0.2, -0.15) is 0 Å². The van der Waals surface area contributed by atoms with Crippen LogP contribution >= 0.6 is 0 Å². The Labute approximate surface area is 136 Å². The highest BCUT2D eigenvalue weighted by atomic mass is 16.5. The largest absolute Gasteiger partial charge is 0.426 e. The molecule has 1 atom stereocenters. The summed E-state index contributed by atoms with van der Waals surface area (Å²) in [5.41, 5.74) is 1.63. The second-order valence-corrected chi connectivity index (χ2v) is 5.23. The fraction of sp³-hybridized carbons (Fsp3) is 0.200. The maximum Gasteiger partial charge on any atom is 0.308 e. The van der Waals surface area contributed by atoms with Gasteiger partial charge in [0.2, 0.25) is 0 Å². The number of carbonyl (C=O) groups is 2. The summed E-state index contributed by atoms with van der Waals surface area (Å²) in [7, 11) is 0. The molecule has 0 aliphatic rings. The predicted octanol–water partition coefficient (Wildman–Crippen LogP) is 3.73. The van der Waals surface area contributed by atoms with Gasteiger partial charge in [0.05, 0.1) is 5.92 Å². The molecule has 0 amide bonds. The molecule has 0 aliphatic carbocycles. The Kier molecular flexibility index (Phi) is 5.71. The van der Waals surface area contributed by atoms with Crippen molar-refractivity contribution in [2.24, 2.45) is 0 Å². The molecular formula is C20H18O3. The summed E-state index contributed by atoms with van der Waals surface area (Å²) in [5.74, 6) is 6.00. The van der Waals surface area contributed by atoms with Gasteiger partial charge in [-0.25, -0.2) is 0 Å². The summed E-state index contributed by atoms with van der Waals surface area (Å²) < 4.78 is 5.24. The first-order chi connectivity index (χ1) is 11.1. The van der Waals surface area contributed by atoms with E-state index in [0.717, 1.165) is 11.1 Å². The smallest absolute Gasteiger partial charge is 0.308 e. The lowest BCUT2D eigenvalue weighted by atomic mass is 9.93. The van der Waals surface area contributed by atoms with E-state index in [4.69, 9.17) is 4.74 Å². The minimum Gasteiger partial charge on any atom is -0.426 e.